The first-order valence-corrected chi connectivity index (χ1v) is 11.1. The normalized spacial score (nSPS) is 15.5. The highest BCUT2D eigenvalue weighted by molar-refractivity contribution is 7.59. The maximum atomic E-state index is 13.9. The van der Waals surface area contributed by atoms with Gasteiger partial charge in [-0.05, 0) is 42.9 Å². The van der Waals surface area contributed by atoms with E-state index < -0.39 is 5.82 Å². The van der Waals surface area contributed by atoms with Crippen LogP contribution in [-0.2, 0) is 12.8 Å². The van der Waals surface area contributed by atoms with E-state index in [4.69, 9.17) is 9.97 Å². The minimum absolute atomic E-state index is 0. The van der Waals surface area contributed by atoms with Crippen molar-refractivity contribution in [2.24, 2.45) is 0 Å². The van der Waals surface area contributed by atoms with Gasteiger partial charge in [-0.3, -0.25) is 9.97 Å². The average Bonchev–Trinajstić information content (AvgIpc) is 3.41. The molecular formula is C24H25FN8S. The number of halogens is 1. The Balaban J connectivity index is 0.00000241. The van der Waals surface area contributed by atoms with E-state index in [0.29, 0.717) is 17.3 Å². The van der Waals surface area contributed by atoms with Gasteiger partial charge in [0.05, 0.1) is 24.1 Å². The fourth-order valence-electron chi connectivity index (χ4n) is 4.64. The van der Waals surface area contributed by atoms with Crippen molar-refractivity contribution in [2.45, 2.75) is 45.1 Å². The van der Waals surface area contributed by atoms with Crippen LogP contribution in [0.4, 0.5) is 10.3 Å². The maximum Gasteiger partial charge on any atom is 0.228 e. The van der Waals surface area contributed by atoms with Gasteiger partial charge >= 0.3 is 0 Å². The van der Waals surface area contributed by atoms with E-state index in [-0.39, 0.29) is 25.5 Å². The second-order valence-electron chi connectivity index (χ2n) is 8.84. The van der Waals surface area contributed by atoms with Crippen LogP contribution in [0.2, 0.25) is 0 Å². The highest BCUT2D eigenvalue weighted by Crippen LogP contribution is 2.31. The number of hydrogen-bond donors (Lipinski definition) is 2. The number of anilines is 1. The number of aromatic nitrogens is 7. The predicted molar refractivity (Wildman–Crippen MR) is 134 cm³/mol. The molecule has 5 aromatic heterocycles. The van der Waals surface area contributed by atoms with Crippen LogP contribution >= 0.6 is 13.5 Å². The molecule has 8 nitrogen and oxygen atoms in total. The summed E-state index contributed by atoms with van der Waals surface area (Å²) in [4.78, 5) is 21.2. The first-order valence-electron chi connectivity index (χ1n) is 11.1. The van der Waals surface area contributed by atoms with Crippen molar-refractivity contribution >= 4 is 36.0 Å². The van der Waals surface area contributed by atoms with E-state index in [0.717, 1.165) is 36.0 Å². The van der Waals surface area contributed by atoms with E-state index in [1.807, 2.05) is 18.6 Å². The van der Waals surface area contributed by atoms with Crippen LogP contribution in [0.5, 0.6) is 0 Å². The third kappa shape index (κ3) is 3.77. The Labute approximate surface area is 202 Å². The number of rotatable bonds is 4. The van der Waals surface area contributed by atoms with E-state index in [1.54, 1.807) is 10.7 Å². The third-order valence-electron chi connectivity index (χ3n) is 6.30. The largest absolute Gasteiger partial charge is 0.357 e. The first kappa shape index (κ1) is 22.3. The molecule has 6 rings (SSSR count). The Hall–Kier alpha value is -3.53. The molecule has 10 heteroatoms. The van der Waals surface area contributed by atoms with Crippen LogP contribution in [0.15, 0.2) is 43.1 Å². The molecule has 174 valence electrons. The van der Waals surface area contributed by atoms with Gasteiger partial charge in [-0.15, -0.1) is 0 Å². The molecule has 0 radical (unpaired) electrons. The molecule has 1 atom stereocenters. The standard InChI is InChI=1S/C24H23FN8.H2S/c1-13(2)19-11-28-33-23(19)31-22(14-7-15(25)10-27-9-14)32-24(33)29-16-3-4-20-18(8-16)17-5-6-26-12-21(17)30-20;/h5-7,9-13,16,30H,3-4,8H2,1-2H3,(H,29,31,32);1H2/t16-;/m0./s1. The lowest BCUT2D eigenvalue weighted by Gasteiger charge is -2.24. The minimum Gasteiger partial charge on any atom is -0.357 e. The summed E-state index contributed by atoms with van der Waals surface area (Å²) in [5, 5.41) is 9.38. The van der Waals surface area contributed by atoms with Crippen LogP contribution < -0.4 is 5.32 Å². The van der Waals surface area contributed by atoms with Crippen molar-refractivity contribution in [1.82, 2.24) is 34.5 Å². The zero-order valence-electron chi connectivity index (χ0n) is 18.9. The molecule has 0 aromatic carbocycles. The number of fused-ring (bicyclic) bond motifs is 4. The highest BCUT2D eigenvalue weighted by atomic mass is 32.1. The molecule has 0 fully saturated rings. The molecule has 0 saturated carbocycles. The Kier molecular flexibility index (Phi) is 5.68. The fourth-order valence-corrected chi connectivity index (χ4v) is 4.64. The van der Waals surface area contributed by atoms with Gasteiger partial charge < -0.3 is 10.3 Å². The van der Waals surface area contributed by atoms with E-state index in [2.05, 4.69) is 45.3 Å². The molecular weight excluding hydrogens is 451 g/mol. The van der Waals surface area contributed by atoms with Gasteiger partial charge in [0.2, 0.25) is 5.95 Å². The maximum absolute atomic E-state index is 13.9. The Bertz CT molecular complexity index is 1490. The zero-order valence-corrected chi connectivity index (χ0v) is 19.9. The summed E-state index contributed by atoms with van der Waals surface area (Å²) < 4.78 is 15.6. The third-order valence-corrected chi connectivity index (χ3v) is 6.30. The summed E-state index contributed by atoms with van der Waals surface area (Å²) in [5.74, 6) is 0.840. The lowest BCUT2D eigenvalue weighted by molar-refractivity contribution is 0.599. The number of aryl methyl sites for hydroxylation is 1. The number of aromatic amines is 1. The molecule has 5 aromatic rings. The van der Waals surface area contributed by atoms with Crippen molar-refractivity contribution < 1.29 is 4.39 Å². The molecule has 0 spiro atoms. The molecule has 0 bridgehead atoms. The van der Waals surface area contributed by atoms with E-state index in [9.17, 15) is 4.39 Å². The van der Waals surface area contributed by atoms with Gasteiger partial charge in [-0.1, -0.05) is 13.8 Å². The molecule has 1 aliphatic carbocycles. The molecule has 34 heavy (non-hydrogen) atoms. The van der Waals surface area contributed by atoms with Crippen molar-refractivity contribution in [3.8, 4) is 11.4 Å². The van der Waals surface area contributed by atoms with Gasteiger partial charge in [0.25, 0.3) is 0 Å². The Morgan fingerprint density at radius 3 is 2.85 bits per heavy atom. The average molecular weight is 477 g/mol. The number of H-pyrrole nitrogens is 1. The van der Waals surface area contributed by atoms with E-state index in [1.165, 1.54) is 28.9 Å². The molecule has 0 amide bonds. The van der Waals surface area contributed by atoms with Crippen LogP contribution in [0.3, 0.4) is 0 Å². The second kappa shape index (κ2) is 8.68. The van der Waals surface area contributed by atoms with Gasteiger partial charge in [0.15, 0.2) is 11.5 Å². The highest BCUT2D eigenvalue weighted by Gasteiger charge is 2.25. The number of pyridine rings is 2. The molecule has 2 N–H and O–H groups in total. The Morgan fingerprint density at radius 1 is 1.15 bits per heavy atom. The van der Waals surface area contributed by atoms with Crippen LogP contribution in [0.1, 0.15) is 43.0 Å². The van der Waals surface area contributed by atoms with Crippen LogP contribution in [0, 0.1) is 5.82 Å². The topological polar surface area (TPSA) is 96.7 Å². The lowest BCUT2D eigenvalue weighted by Crippen LogP contribution is -2.29. The van der Waals surface area contributed by atoms with Crippen LogP contribution in [0.25, 0.3) is 27.9 Å². The minimum atomic E-state index is -0.420. The quantitative estimate of drug-likeness (QED) is 0.399. The predicted octanol–water partition coefficient (Wildman–Crippen LogP) is 4.41. The summed E-state index contributed by atoms with van der Waals surface area (Å²) in [5.41, 5.74) is 5.93. The molecule has 0 aliphatic heterocycles. The second-order valence-corrected chi connectivity index (χ2v) is 8.84. The number of nitrogens with zero attached hydrogens (tertiary/aromatic N) is 6. The fraction of sp³-hybridized carbons (Fsp3) is 0.292. The van der Waals surface area contributed by atoms with Crippen LogP contribution in [-0.4, -0.2) is 40.6 Å². The van der Waals surface area contributed by atoms with Crippen molar-refractivity contribution in [3.05, 3.63) is 65.8 Å². The number of nitrogens with one attached hydrogen (secondary N) is 2. The summed E-state index contributed by atoms with van der Waals surface area (Å²) in [6, 6.07) is 3.64. The zero-order chi connectivity index (χ0) is 22.5. The van der Waals surface area contributed by atoms with Gasteiger partial charge in [0.1, 0.15) is 5.82 Å². The molecule has 0 unspecified atom stereocenters. The van der Waals surface area contributed by atoms with Crippen molar-refractivity contribution in [2.75, 3.05) is 5.32 Å². The summed E-state index contributed by atoms with van der Waals surface area (Å²) >= 11 is 0. The van der Waals surface area contributed by atoms with Crippen molar-refractivity contribution in [3.63, 3.8) is 0 Å². The van der Waals surface area contributed by atoms with Crippen molar-refractivity contribution in [1.29, 1.82) is 0 Å². The molecule has 1 aliphatic rings. The van der Waals surface area contributed by atoms with Gasteiger partial charge in [-0.2, -0.15) is 28.1 Å². The van der Waals surface area contributed by atoms with E-state index >= 15 is 0 Å². The molecule has 5 heterocycles. The monoisotopic (exact) mass is 476 g/mol. The SMILES string of the molecule is CC(C)c1cnn2c(N[C@H]3CCc4[nH]c5cnccc5c4C3)nc(-c3cncc(F)c3)nc12.S. The lowest BCUT2D eigenvalue weighted by atomic mass is 9.92. The van der Waals surface area contributed by atoms with Gasteiger partial charge in [0, 0.05) is 40.6 Å². The Morgan fingerprint density at radius 2 is 2.03 bits per heavy atom. The summed E-state index contributed by atoms with van der Waals surface area (Å²) in [6.07, 6.45) is 11.0. The number of hydrogen-bond acceptors (Lipinski definition) is 6. The van der Waals surface area contributed by atoms with Gasteiger partial charge in [-0.25, -0.2) is 9.37 Å². The smallest absolute Gasteiger partial charge is 0.228 e. The summed E-state index contributed by atoms with van der Waals surface area (Å²) in [6.45, 7) is 4.20. The molecule has 0 saturated heterocycles. The summed E-state index contributed by atoms with van der Waals surface area (Å²) in [7, 11) is 0. The first-order chi connectivity index (χ1) is 16.1.